The molecule has 2 rings (SSSR count). The van der Waals surface area contributed by atoms with Gasteiger partial charge in [-0.15, -0.1) is 0 Å². The molecule has 0 bridgehead atoms. The largest absolute Gasteiger partial charge is 0.393 e. The average Bonchev–Trinajstić information content (AvgIpc) is 2.55. The van der Waals surface area contributed by atoms with Crippen LogP contribution >= 0.6 is 11.6 Å². The van der Waals surface area contributed by atoms with Crippen molar-refractivity contribution in [2.24, 2.45) is 7.05 Å². The van der Waals surface area contributed by atoms with E-state index in [9.17, 15) is 4.79 Å². The molecule has 1 aromatic heterocycles. The van der Waals surface area contributed by atoms with E-state index >= 15 is 0 Å². The molecule has 0 saturated heterocycles. The molecule has 0 aliphatic heterocycles. The van der Waals surface area contributed by atoms with Crippen LogP contribution in [-0.2, 0) is 13.5 Å². The van der Waals surface area contributed by atoms with Crippen molar-refractivity contribution in [2.75, 3.05) is 5.73 Å². The lowest BCUT2D eigenvalue weighted by Gasteiger charge is -2.12. The Labute approximate surface area is 111 Å². The maximum atomic E-state index is 12.2. The Kier molecular flexibility index (Phi) is 3.22. The van der Waals surface area contributed by atoms with Gasteiger partial charge in [0.1, 0.15) is 5.69 Å². The summed E-state index contributed by atoms with van der Waals surface area (Å²) in [5.41, 5.74) is 8.43. The van der Waals surface area contributed by atoms with Crippen LogP contribution in [0.15, 0.2) is 23.0 Å². The smallest absolute Gasteiger partial charge is 0.294 e. The van der Waals surface area contributed by atoms with E-state index < -0.39 is 0 Å². The van der Waals surface area contributed by atoms with Crippen molar-refractivity contribution in [2.45, 2.75) is 20.3 Å². The van der Waals surface area contributed by atoms with E-state index in [0.29, 0.717) is 17.1 Å². The molecule has 0 spiro atoms. The predicted molar refractivity (Wildman–Crippen MR) is 74.5 cm³/mol. The van der Waals surface area contributed by atoms with Gasteiger partial charge in [-0.2, -0.15) is 0 Å². The third kappa shape index (κ3) is 1.73. The van der Waals surface area contributed by atoms with Gasteiger partial charge in [0.25, 0.3) is 5.56 Å². The standard InChI is InChI=1S/C13H16ClN3O/c1-4-10-12(15)13(18)17(16(10)3)11-7-5-6-9(14)8(11)2/h5-7H,4,15H2,1-3H3. The summed E-state index contributed by atoms with van der Waals surface area (Å²) in [6.45, 7) is 3.86. The van der Waals surface area contributed by atoms with Crippen molar-refractivity contribution < 1.29 is 0 Å². The summed E-state index contributed by atoms with van der Waals surface area (Å²) >= 11 is 6.09. The lowest BCUT2D eigenvalue weighted by atomic mass is 10.2. The van der Waals surface area contributed by atoms with E-state index in [2.05, 4.69) is 0 Å². The Bertz CT molecular complexity index is 655. The number of hydrogen-bond acceptors (Lipinski definition) is 2. The Hall–Kier alpha value is -1.68. The van der Waals surface area contributed by atoms with Gasteiger partial charge in [0, 0.05) is 12.1 Å². The molecule has 1 heterocycles. The minimum atomic E-state index is -0.195. The van der Waals surface area contributed by atoms with Crippen molar-refractivity contribution >= 4 is 17.3 Å². The van der Waals surface area contributed by atoms with Crippen molar-refractivity contribution in [1.29, 1.82) is 0 Å². The summed E-state index contributed by atoms with van der Waals surface area (Å²) in [5.74, 6) is 0. The molecular weight excluding hydrogens is 250 g/mol. The summed E-state index contributed by atoms with van der Waals surface area (Å²) in [6, 6.07) is 5.49. The molecule has 0 aliphatic rings. The first-order valence-corrected chi connectivity index (χ1v) is 6.18. The third-order valence-electron chi connectivity index (χ3n) is 3.23. The second kappa shape index (κ2) is 4.53. The number of nitrogens with two attached hydrogens (primary N) is 1. The monoisotopic (exact) mass is 265 g/mol. The molecule has 18 heavy (non-hydrogen) atoms. The van der Waals surface area contributed by atoms with Gasteiger partial charge in [0.2, 0.25) is 0 Å². The van der Waals surface area contributed by atoms with Crippen LogP contribution in [0.3, 0.4) is 0 Å². The van der Waals surface area contributed by atoms with Crippen molar-refractivity contribution in [3.05, 3.63) is 44.8 Å². The summed E-state index contributed by atoms with van der Waals surface area (Å²) in [6.07, 6.45) is 0.712. The molecule has 0 unspecified atom stereocenters. The van der Waals surface area contributed by atoms with Gasteiger partial charge in [-0.25, -0.2) is 4.68 Å². The molecule has 0 aliphatic carbocycles. The predicted octanol–water partition coefficient (Wildman–Crippen LogP) is 2.28. The number of hydrogen-bond donors (Lipinski definition) is 1. The molecular formula is C13H16ClN3O. The summed E-state index contributed by atoms with van der Waals surface area (Å²) in [5, 5.41) is 0.636. The first-order chi connectivity index (χ1) is 8.49. The molecule has 0 atom stereocenters. The number of nitrogens with zero attached hydrogens (tertiary/aromatic N) is 2. The fraction of sp³-hybridized carbons (Fsp3) is 0.308. The molecule has 0 saturated carbocycles. The first-order valence-electron chi connectivity index (χ1n) is 5.80. The van der Waals surface area contributed by atoms with Crippen LogP contribution in [0.1, 0.15) is 18.2 Å². The van der Waals surface area contributed by atoms with E-state index in [0.717, 1.165) is 16.9 Å². The zero-order valence-electron chi connectivity index (χ0n) is 10.7. The fourth-order valence-electron chi connectivity index (χ4n) is 2.18. The highest BCUT2D eigenvalue weighted by molar-refractivity contribution is 6.31. The van der Waals surface area contributed by atoms with Crippen molar-refractivity contribution in [3.8, 4) is 5.69 Å². The second-order valence-corrected chi connectivity index (χ2v) is 4.65. The number of rotatable bonds is 2. The van der Waals surface area contributed by atoms with Gasteiger partial charge < -0.3 is 5.73 Å². The number of benzene rings is 1. The lowest BCUT2D eigenvalue weighted by Crippen LogP contribution is -2.21. The number of aromatic nitrogens is 2. The average molecular weight is 266 g/mol. The highest BCUT2D eigenvalue weighted by Crippen LogP contribution is 2.22. The SMILES string of the molecule is CCc1c(N)c(=O)n(-c2cccc(Cl)c2C)n1C. The molecule has 4 nitrogen and oxygen atoms in total. The van der Waals surface area contributed by atoms with Crippen LogP contribution in [0.4, 0.5) is 5.69 Å². The van der Waals surface area contributed by atoms with Crippen molar-refractivity contribution in [1.82, 2.24) is 9.36 Å². The Morgan fingerprint density at radius 1 is 1.39 bits per heavy atom. The van der Waals surface area contributed by atoms with Crippen LogP contribution in [0.5, 0.6) is 0 Å². The highest BCUT2D eigenvalue weighted by Gasteiger charge is 2.16. The highest BCUT2D eigenvalue weighted by atomic mass is 35.5. The number of anilines is 1. The zero-order chi connectivity index (χ0) is 13.4. The molecule has 0 fully saturated rings. The zero-order valence-corrected chi connectivity index (χ0v) is 11.5. The maximum Gasteiger partial charge on any atom is 0.294 e. The van der Waals surface area contributed by atoms with Crippen LogP contribution in [0.2, 0.25) is 5.02 Å². The van der Waals surface area contributed by atoms with Crippen LogP contribution < -0.4 is 11.3 Å². The summed E-state index contributed by atoms with van der Waals surface area (Å²) < 4.78 is 3.35. The molecule has 0 amide bonds. The molecule has 2 N–H and O–H groups in total. The maximum absolute atomic E-state index is 12.2. The number of halogens is 1. The van der Waals surface area contributed by atoms with Gasteiger partial charge in [-0.05, 0) is 31.0 Å². The minimum Gasteiger partial charge on any atom is -0.393 e. The van der Waals surface area contributed by atoms with Gasteiger partial charge >= 0.3 is 0 Å². The van der Waals surface area contributed by atoms with Crippen molar-refractivity contribution in [3.63, 3.8) is 0 Å². The third-order valence-corrected chi connectivity index (χ3v) is 3.64. The fourth-order valence-corrected chi connectivity index (χ4v) is 2.35. The molecule has 0 radical (unpaired) electrons. The van der Waals surface area contributed by atoms with Gasteiger partial charge in [-0.1, -0.05) is 24.6 Å². The first kappa shape index (κ1) is 12.8. The molecule has 96 valence electrons. The minimum absolute atomic E-state index is 0.195. The van der Waals surface area contributed by atoms with Gasteiger partial charge in [0.15, 0.2) is 0 Å². The van der Waals surface area contributed by atoms with E-state index in [1.165, 1.54) is 0 Å². The quantitative estimate of drug-likeness (QED) is 0.906. The Morgan fingerprint density at radius 3 is 2.61 bits per heavy atom. The van der Waals surface area contributed by atoms with E-state index in [1.54, 1.807) is 15.4 Å². The van der Waals surface area contributed by atoms with E-state index in [1.807, 2.05) is 33.0 Å². The molecule has 1 aromatic carbocycles. The second-order valence-electron chi connectivity index (χ2n) is 4.24. The molecule has 2 aromatic rings. The summed E-state index contributed by atoms with van der Waals surface area (Å²) in [4.78, 5) is 12.2. The Morgan fingerprint density at radius 2 is 2.06 bits per heavy atom. The number of nitrogen functional groups attached to an aromatic ring is 1. The Balaban J connectivity index is 2.80. The van der Waals surface area contributed by atoms with Crippen LogP contribution in [0.25, 0.3) is 5.69 Å². The normalized spacial score (nSPS) is 10.9. The topological polar surface area (TPSA) is 53.0 Å². The lowest BCUT2D eigenvalue weighted by molar-refractivity contribution is 0.616. The van der Waals surface area contributed by atoms with Crippen LogP contribution in [0, 0.1) is 6.92 Å². The van der Waals surface area contributed by atoms with Gasteiger partial charge in [0.05, 0.1) is 11.4 Å². The molecule has 5 heteroatoms. The van der Waals surface area contributed by atoms with E-state index in [-0.39, 0.29) is 5.56 Å². The van der Waals surface area contributed by atoms with Gasteiger partial charge in [-0.3, -0.25) is 9.48 Å². The summed E-state index contributed by atoms with van der Waals surface area (Å²) in [7, 11) is 1.83. The van der Waals surface area contributed by atoms with E-state index in [4.69, 9.17) is 17.3 Å². The van der Waals surface area contributed by atoms with Crippen LogP contribution in [-0.4, -0.2) is 9.36 Å².